The highest BCUT2D eigenvalue weighted by atomic mass is 35.5. The second-order valence-electron chi connectivity index (χ2n) is 5.88. The highest BCUT2D eigenvalue weighted by Crippen LogP contribution is 2.44. The molecule has 4 rings (SSSR count). The lowest BCUT2D eigenvalue weighted by molar-refractivity contribution is -0.130. The summed E-state index contributed by atoms with van der Waals surface area (Å²) in [4.78, 5) is 21.4. The van der Waals surface area contributed by atoms with Gasteiger partial charge in [0.05, 0.1) is 11.6 Å². The summed E-state index contributed by atoms with van der Waals surface area (Å²) in [5.74, 6) is 0.911. The van der Waals surface area contributed by atoms with E-state index in [4.69, 9.17) is 11.6 Å². The number of nitrogens with zero attached hydrogens (tertiary/aromatic N) is 3. The Bertz CT molecular complexity index is 794. The van der Waals surface area contributed by atoms with Gasteiger partial charge in [-0.2, -0.15) is 0 Å². The average molecular weight is 358 g/mol. The van der Waals surface area contributed by atoms with Gasteiger partial charge >= 0.3 is 0 Å². The Labute approximate surface area is 150 Å². The number of carbonyl (C=O) groups excluding carboxylic acids is 1. The van der Waals surface area contributed by atoms with E-state index in [0.29, 0.717) is 5.15 Å². The molecule has 1 saturated heterocycles. The molecule has 0 spiro atoms. The van der Waals surface area contributed by atoms with E-state index in [1.54, 1.807) is 24.0 Å². The first kappa shape index (κ1) is 15.5. The Morgan fingerprint density at radius 1 is 1.21 bits per heavy atom. The molecule has 2 aliphatic rings. The second-order valence-corrected chi connectivity index (χ2v) is 7.35. The Kier molecular flexibility index (Phi) is 3.98. The number of amides is 1. The lowest BCUT2D eigenvalue weighted by Crippen LogP contribution is -2.47. The number of hydrogen-bond acceptors (Lipinski definition) is 4. The topological polar surface area (TPSA) is 36.4 Å². The summed E-state index contributed by atoms with van der Waals surface area (Å²) in [7, 11) is 2.02. The van der Waals surface area contributed by atoms with Gasteiger partial charge in [-0.15, -0.1) is 11.8 Å². The lowest BCUT2D eigenvalue weighted by atomic mass is 10.0. The largest absolute Gasteiger partial charge is 0.351 e. The zero-order chi connectivity index (χ0) is 16.7. The van der Waals surface area contributed by atoms with Crippen LogP contribution in [0.15, 0.2) is 54.9 Å². The molecular weight excluding hydrogens is 342 g/mol. The second kappa shape index (κ2) is 6.15. The monoisotopic (exact) mass is 357 g/mol. The number of carbonyl (C=O) groups is 1. The van der Waals surface area contributed by atoms with Crippen molar-refractivity contribution >= 4 is 34.8 Å². The van der Waals surface area contributed by atoms with Crippen LogP contribution in [-0.4, -0.2) is 39.0 Å². The van der Waals surface area contributed by atoms with E-state index in [2.05, 4.69) is 9.88 Å². The van der Waals surface area contributed by atoms with Crippen molar-refractivity contribution in [2.45, 2.75) is 11.5 Å². The fourth-order valence-electron chi connectivity index (χ4n) is 3.17. The Balaban J connectivity index is 1.71. The van der Waals surface area contributed by atoms with Crippen molar-refractivity contribution in [1.29, 1.82) is 0 Å². The molecule has 4 nitrogen and oxygen atoms in total. The SMILES string of the molecule is CN1C=C(c2ccccc2)C(=O)N2C1SC[C@@H]2c1ccc(Cl)nc1. The van der Waals surface area contributed by atoms with Crippen LogP contribution >= 0.6 is 23.4 Å². The molecule has 0 saturated carbocycles. The number of halogens is 1. The zero-order valence-electron chi connectivity index (χ0n) is 13.1. The molecule has 2 atom stereocenters. The molecule has 0 radical (unpaired) electrons. The van der Waals surface area contributed by atoms with Crippen molar-refractivity contribution in [3.63, 3.8) is 0 Å². The first-order valence-electron chi connectivity index (χ1n) is 7.70. The molecule has 1 amide bonds. The maximum absolute atomic E-state index is 13.2. The van der Waals surface area contributed by atoms with Crippen molar-refractivity contribution in [1.82, 2.24) is 14.8 Å². The highest BCUT2D eigenvalue weighted by molar-refractivity contribution is 8.00. The molecule has 2 aromatic rings. The minimum atomic E-state index is 0.00660. The van der Waals surface area contributed by atoms with E-state index in [1.807, 2.05) is 54.5 Å². The smallest absolute Gasteiger partial charge is 0.258 e. The normalized spacial score (nSPS) is 23.2. The van der Waals surface area contributed by atoms with E-state index in [-0.39, 0.29) is 17.4 Å². The summed E-state index contributed by atoms with van der Waals surface area (Å²) >= 11 is 7.66. The van der Waals surface area contributed by atoms with Gasteiger partial charge in [0, 0.05) is 25.2 Å². The first-order chi connectivity index (χ1) is 11.6. The third-order valence-corrected chi connectivity index (χ3v) is 5.93. The molecule has 3 heterocycles. The van der Waals surface area contributed by atoms with E-state index < -0.39 is 0 Å². The van der Waals surface area contributed by atoms with Crippen LogP contribution in [0.5, 0.6) is 0 Å². The van der Waals surface area contributed by atoms with Crippen molar-refractivity contribution < 1.29 is 4.79 Å². The first-order valence-corrected chi connectivity index (χ1v) is 9.13. The molecule has 1 aromatic carbocycles. The summed E-state index contributed by atoms with van der Waals surface area (Å²) in [5.41, 5.74) is 2.71. The van der Waals surface area contributed by atoms with Crippen molar-refractivity contribution in [2.24, 2.45) is 0 Å². The highest BCUT2D eigenvalue weighted by Gasteiger charge is 2.44. The quantitative estimate of drug-likeness (QED) is 0.769. The Morgan fingerprint density at radius 2 is 2.00 bits per heavy atom. The van der Waals surface area contributed by atoms with Crippen LogP contribution in [-0.2, 0) is 4.79 Å². The molecule has 2 aliphatic heterocycles. The maximum atomic E-state index is 13.2. The molecule has 0 aliphatic carbocycles. The van der Waals surface area contributed by atoms with Gasteiger partial charge in [0.25, 0.3) is 5.91 Å². The molecule has 0 bridgehead atoms. The van der Waals surface area contributed by atoms with Crippen LogP contribution in [0, 0.1) is 0 Å². The number of aromatic nitrogens is 1. The van der Waals surface area contributed by atoms with Crippen LogP contribution < -0.4 is 0 Å². The van der Waals surface area contributed by atoms with E-state index in [1.165, 1.54) is 0 Å². The van der Waals surface area contributed by atoms with Gasteiger partial charge in [0.15, 0.2) is 5.50 Å². The minimum absolute atomic E-state index is 0.00660. The molecule has 1 unspecified atom stereocenters. The third-order valence-electron chi connectivity index (χ3n) is 4.34. The standard InChI is InChI=1S/C18H16ClN3OS/c1-21-10-14(12-5-3-2-4-6-12)17(23)22-15(11-24-18(21)22)13-7-8-16(19)20-9-13/h2-10,15,18H,11H2,1H3/t15-,18?/m1/s1. The summed E-state index contributed by atoms with van der Waals surface area (Å²) in [6.07, 6.45) is 3.72. The fourth-order valence-corrected chi connectivity index (χ4v) is 4.68. The minimum Gasteiger partial charge on any atom is -0.351 e. The van der Waals surface area contributed by atoms with Crippen LogP contribution in [0.25, 0.3) is 5.57 Å². The van der Waals surface area contributed by atoms with Crippen LogP contribution in [0.2, 0.25) is 5.15 Å². The van der Waals surface area contributed by atoms with Gasteiger partial charge in [-0.25, -0.2) is 4.98 Å². The molecule has 24 heavy (non-hydrogen) atoms. The van der Waals surface area contributed by atoms with Gasteiger partial charge < -0.3 is 9.80 Å². The van der Waals surface area contributed by atoms with Gasteiger partial charge in [-0.1, -0.05) is 48.0 Å². The molecule has 0 N–H and O–H groups in total. The van der Waals surface area contributed by atoms with Crippen molar-refractivity contribution in [3.8, 4) is 0 Å². The van der Waals surface area contributed by atoms with Gasteiger partial charge in [-0.05, 0) is 17.2 Å². The molecule has 6 heteroatoms. The van der Waals surface area contributed by atoms with Crippen molar-refractivity contribution in [2.75, 3.05) is 12.8 Å². The summed E-state index contributed by atoms with van der Waals surface area (Å²) < 4.78 is 0. The predicted molar refractivity (Wildman–Crippen MR) is 97.3 cm³/mol. The van der Waals surface area contributed by atoms with Crippen LogP contribution in [0.1, 0.15) is 17.2 Å². The lowest BCUT2D eigenvalue weighted by Gasteiger charge is -2.39. The number of benzene rings is 1. The predicted octanol–water partition coefficient (Wildman–Crippen LogP) is 3.62. The van der Waals surface area contributed by atoms with Crippen molar-refractivity contribution in [3.05, 3.63) is 71.1 Å². The number of fused-ring (bicyclic) bond motifs is 1. The van der Waals surface area contributed by atoms with E-state index in [9.17, 15) is 4.79 Å². The maximum Gasteiger partial charge on any atom is 0.258 e. The molecule has 1 fully saturated rings. The number of hydrogen-bond donors (Lipinski definition) is 0. The van der Waals surface area contributed by atoms with Gasteiger partial charge in [0.1, 0.15) is 5.15 Å². The Morgan fingerprint density at radius 3 is 2.71 bits per heavy atom. The van der Waals surface area contributed by atoms with E-state index in [0.717, 1.165) is 22.5 Å². The van der Waals surface area contributed by atoms with Gasteiger partial charge in [0.2, 0.25) is 0 Å². The third kappa shape index (κ3) is 2.58. The zero-order valence-corrected chi connectivity index (χ0v) is 14.7. The number of thioether (sulfide) groups is 1. The number of rotatable bonds is 2. The van der Waals surface area contributed by atoms with Crippen LogP contribution in [0.4, 0.5) is 0 Å². The number of pyridine rings is 1. The summed E-state index contributed by atoms with van der Waals surface area (Å²) in [6, 6.07) is 13.5. The molecule has 122 valence electrons. The summed E-state index contributed by atoms with van der Waals surface area (Å²) in [6.45, 7) is 0. The fraction of sp³-hybridized carbons (Fsp3) is 0.222. The van der Waals surface area contributed by atoms with Crippen LogP contribution in [0.3, 0.4) is 0 Å². The van der Waals surface area contributed by atoms with Gasteiger partial charge in [-0.3, -0.25) is 4.79 Å². The van der Waals surface area contributed by atoms with E-state index >= 15 is 0 Å². The molecule has 1 aromatic heterocycles. The summed E-state index contributed by atoms with van der Waals surface area (Å²) in [5, 5.41) is 0.466. The molecular formula is C18H16ClN3OS. The Hall–Kier alpha value is -1.98. The average Bonchev–Trinajstić information content (AvgIpc) is 3.05.